The van der Waals surface area contributed by atoms with Gasteiger partial charge in [0.15, 0.2) is 0 Å². The Morgan fingerprint density at radius 3 is 2.24 bits per heavy atom. The van der Waals surface area contributed by atoms with E-state index >= 15 is 0 Å². The number of hydrogen-bond donors (Lipinski definition) is 1. The predicted octanol–water partition coefficient (Wildman–Crippen LogP) is 2.56. The zero-order valence-corrected chi connectivity index (χ0v) is 12.7. The molecule has 3 fully saturated rings. The fraction of sp³-hybridized carbons (Fsp3) is 0.875. The lowest BCUT2D eigenvalue weighted by molar-refractivity contribution is -0.137. The quantitative estimate of drug-likeness (QED) is 0.867. The first kappa shape index (κ1) is 14.7. The van der Waals surface area contributed by atoms with E-state index in [9.17, 15) is 9.59 Å². The highest BCUT2D eigenvalue weighted by Gasteiger charge is 2.39. The Kier molecular flexibility index (Phi) is 4.09. The van der Waals surface area contributed by atoms with Crippen LogP contribution < -0.4 is 0 Å². The van der Waals surface area contributed by atoms with Crippen LogP contribution in [0.25, 0.3) is 0 Å². The molecule has 3 aliphatic rings. The van der Waals surface area contributed by atoms with Gasteiger partial charge >= 0.3 is 12.0 Å². The normalized spacial score (nSPS) is 24.3. The third-order valence-electron chi connectivity index (χ3n) is 5.53. The molecule has 3 rings (SSSR count). The number of carbonyl (C=O) groups excluding carboxylic acids is 1. The lowest BCUT2D eigenvalue weighted by Gasteiger charge is -2.41. The van der Waals surface area contributed by atoms with Gasteiger partial charge in [-0.1, -0.05) is 12.8 Å². The highest BCUT2D eigenvalue weighted by molar-refractivity contribution is 5.80. The second kappa shape index (κ2) is 5.85. The molecule has 0 atom stereocenters. The zero-order valence-electron chi connectivity index (χ0n) is 12.7. The van der Waals surface area contributed by atoms with Crippen molar-refractivity contribution in [2.75, 3.05) is 26.2 Å². The summed E-state index contributed by atoms with van der Waals surface area (Å²) in [5.41, 5.74) is 0.491. The predicted molar refractivity (Wildman–Crippen MR) is 79.0 cm³/mol. The number of urea groups is 1. The molecule has 1 saturated heterocycles. The van der Waals surface area contributed by atoms with E-state index in [0.717, 1.165) is 38.8 Å². The number of aliphatic carboxylic acids is 1. The van der Waals surface area contributed by atoms with Crippen molar-refractivity contribution in [1.29, 1.82) is 0 Å². The van der Waals surface area contributed by atoms with Gasteiger partial charge in [0.25, 0.3) is 0 Å². The van der Waals surface area contributed by atoms with Crippen molar-refractivity contribution in [3.05, 3.63) is 0 Å². The van der Waals surface area contributed by atoms with Crippen LogP contribution >= 0.6 is 0 Å². The van der Waals surface area contributed by atoms with E-state index in [4.69, 9.17) is 5.11 Å². The van der Waals surface area contributed by atoms with Crippen molar-refractivity contribution in [3.8, 4) is 0 Å². The van der Waals surface area contributed by atoms with Gasteiger partial charge in [0, 0.05) is 19.6 Å². The lowest BCUT2D eigenvalue weighted by atomic mass is 9.77. The molecule has 0 unspecified atom stereocenters. The van der Waals surface area contributed by atoms with Gasteiger partial charge in [-0.05, 0) is 49.9 Å². The summed E-state index contributed by atoms with van der Waals surface area (Å²) in [6.45, 7) is 2.07. The lowest BCUT2D eigenvalue weighted by Crippen LogP contribution is -2.50. The molecule has 118 valence electrons. The Bertz CT molecular complexity index is 404. The molecule has 2 saturated carbocycles. The number of carboxylic acids is 1. The minimum atomic E-state index is -0.909. The number of carbonyl (C=O) groups is 2. The van der Waals surface area contributed by atoms with Crippen molar-refractivity contribution in [3.63, 3.8) is 0 Å². The summed E-state index contributed by atoms with van der Waals surface area (Å²) in [4.78, 5) is 27.0. The first-order valence-corrected chi connectivity index (χ1v) is 8.34. The number of carboxylic acid groups (broad SMARTS) is 1. The van der Waals surface area contributed by atoms with Crippen molar-refractivity contribution in [2.45, 2.75) is 51.4 Å². The summed E-state index contributed by atoms with van der Waals surface area (Å²) in [6.07, 6.45) is 9.76. The maximum Gasteiger partial charge on any atom is 0.323 e. The van der Waals surface area contributed by atoms with Crippen molar-refractivity contribution in [2.24, 2.45) is 11.3 Å². The topological polar surface area (TPSA) is 60.9 Å². The van der Waals surface area contributed by atoms with Crippen LogP contribution in [-0.4, -0.2) is 53.1 Å². The minimum absolute atomic E-state index is 0.0582. The number of rotatable bonds is 4. The summed E-state index contributed by atoms with van der Waals surface area (Å²) in [7, 11) is 0. The molecule has 0 aromatic heterocycles. The molecule has 1 heterocycles. The van der Waals surface area contributed by atoms with E-state index < -0.39 is 5.97 Å². The Labute approximate surface area is 126 Å². The number of hydrogen-bond acceptors (Lipinski definition) is 2. The zero-order chi connectivity index (χ0) is 14.9. The van der Waals surface area contributed by atoms with Crippen molar-refractivity contribution >= 4 is 12.0 Å². The Morgan fingerprint density at radius 1 is 1.10 bits per heavy atom. The molecule has 0 aromatic rings. The van der Waals surface area contributed by atoms with Crippen molar-refractivity contribution < 1.29 is 14.7 Å². The van der Waals surface area contributed by atoms with Gasteiger partial charge in [-0.3, -0.25) is 4.79 Å². The summed E-state index contributed by atoms with van der Waals surface area (Å²) in [5.74, 6) is -0.382. The molecule has 0 bridgehead atoms. The van der Waals surface area contributed by atoms with Gasteiger partial charge in [0.2, 0.25) is 0 Å². The largest absolute Gasteiger partial charge is 0.480 e. The number of amides is 2. The summed E-state index contributed by atoms with van der Waals surface area (Å²) >= 11 is 0. The third kappa shape index (κ3) is 3.50. The van der Waals surface area contributed by atoms with Crippen LogP contribution in [0.2, 0.25) is 0 Å². The van der Waals surface area contributed by atoms with E-state index in [1.165, 1.54) is 25.7 Å². The molecule has 5 nitrogen and oxygen atoms in total. The number of likely N-dealkylation sites (tertiary alicyclic amines) is 1. The van der Waals surface area contributed by atoms with Crippen LogP contribution in [0.4, 0.5) is 4.79 Å². The summed E-state index contributed by atoms with van der Waals surface area (Å²) < 4.78 is 0. The molecule has 1 N–H and O–H groups in total. The molecular formula is C16H26N2O3. The van der Waals surface area contributed by atoms with Crippen LogP contribution in [0, 0.1) is 11.3 Å². The van der Waals surface area contributed by atoms with Gasteiger partial charge < -0.3 is 14.9 Å². The monoisotopic (exact) mass is 294 g/mol. The molecule has 21 heavy (non-hydrogen) atoms. The van der Waals surface area contributed by atoms with Crippen LogP contribution in [0.3, 0.4) is 0 Å². The molecular weight excluding hydrogens is 268 g/mol. The van der Waals surface area contributed by atoms with Crippen LogP contribution in [-0.2, 0) is 4.79 Å². The SMILES string of the molecule is O=C(O)CN(CC1CC1)C(=O)N1CCC2(CCCC2)CC1. The smallest absolute Gasteiger partial charge is 0.323 e. The van der Waals surface area contributed by atoms with E-state index in [0.29, 0.717) is 17.9 Å². The molecule has 2 aliphatic carbocycles. The van der Waals surface area contributed by atoms with Crippen LogP contribution in [0.5, 0.6) is 0 Å². The fourth-order valence-corrected chi connectivity index (χ4v) is 3.98. The first-order chi connectivity index (χ1) is 10.1. The summed E-state index contributed by atoms with van der Waals surface area (Å²) in [5, 5.41) is 9.02. The highest BCUT2D eigenvalue weighted by Crippen LogP contribution is 2.46. The third-order valence-corrected chi connectivity index (χ3v) is 5.53. The van der Waals surface area contributed by atoms with Crippen LogP contribution in [0.15, 0.2) is 0 Å². The van der Waals surface area contributed by atoms with E-state index in [2.05, 4.69) is 0 Å². The average molecular weight is 294 g/mol. The molecule has 0 aromatic carbocycles. The minimum Gasteiger partial charge on any atom is -0.480 e. The van der Waals surface area contributed by atoms with E-state index in [-0.39, 0.29) is 12.6 Å². The maximum absolute atomic E-state index is 12.6. The summed E-state index contributed by atoms with van der Waals surface area (Å²) in [6, 6.07) is -0.0582. The molecule has 1 aliphatic heterocycles. The number of nitrogens with zero attached hydrogens (tertiary/aromatic N) is 2. The standard InChI is InChI=1S/C16H26N2O3/c19-14(20)12-18(11-13-3-4-13)15(21)17-9-7-16(8-10-17)5-1-2-6-16/h13H,1-12H2,(H,19,20). The molecule has 5 heteroatoms. The highest BCUT2D eigenvalue weighted by atomic mass is 16.4. The van der Waals surface area contributed by atoms with Gasteiger partial charge in [-0.2, -0.15) is 0 Å². The Balaban J connectivity index is 1.56. The fourth-order valence-electron chi connectivity index (χ4n) is 3.98. The maximum atomic E-state index is 12.6. The Morgan fingerprint density at radius 2 is 1.71 bits per heavy atom. The van der Waals surface area contributed by atoms with Gasteiger partial charge in [0.1, 0.15) is 6.54 Å². The molecule has 2 amide bonds. The number of piperidine rings is 1. The molecule has 0 radical (unpaired) electrons. The van der Waals surface area contributed by atoms with Gasteiger partial charge in [0.05, 0.1) is 0 Å². The second-order valence-corrected chi connectivity index (χ2v) is 7.19. The van der Waals surface area contributed by atoms with E-state index in [1.54, 1.807) is 4.90 Å². The van der Waals surface area contributed by atoms with Crippen molar-refractivity contribution in [1.82, 2.24) is 9.80 Å². The first-order valence-electron chi connectivity index (χ1n) is 8.34. The second-order valence-electron chi connectivity index (χ2n) is 7.19. The van der Waals surface area contributed by atoms with Gasteiger partial charge in [-0.25, -0.2) is 4.79 Å². The Hall–Kier alpha value is -1.26. The van der Waals surface area contributed by atoms with E-state index in [1.807, 2.05) is 4.90 Å². The van der Waals surface area contributed by atoms with Crippen LogP contribution in [0.1, 0.15) is 51.4 Å². The van der Waals surface area contributed by atoms with Gasteiger partial charge in [-0.15, -0.1) is 0 Å². The average Bonchev–Trinajstić information content (AvgIpc) is 3.17. The molecule has 1 spiro atoms.